The van der Waals surface area contributed by atoms with Crippen molar-refractivity contribution in [2.45, 2.75) is 31.8 Å². The Bertz CT molecular complexity index is 850. The van der Waals surface area contributed by atoms with Gasteiger partial charge in [0.25, 0.3) is 0 Å². The van der Waals surface area contributed by atoms with E-state index in [4.69, 9.17) is 4.74 Å². The van der Waals surface area contributed by atoms with Crippen molar-refractivity contribution in [3.63, 3.8) is 0 Å². The molecule has 0 aliphatic carbocycles. The molecule has 0 amide bonds. The molecule has 2 aromatic heterocycles. The van der Waals surface area contributed by atoms with Gasteiger partial charge < -0.3 is 4.74 Å². The van der Waals surface area contributed by atoms with Crippen molar-refractivity contribution in [1.29, 1.82) is 0 Å². The highest BCUT2D eigenvalue weighted by molar-refractivity contribution is 5.22. The van der Waals surface area contributed by atoms with Gasteiger partial charge in [0.05, 0.1) is 24.0 Å². The van der Waals surface area contributed by atoms with Crippen molar-refractivity contribution in [1.82, 2.24) is 20.1 Å². The fraction of sp³-hybridized carbons (Fsp3) is 0.333. The summed E-state index contributed by atoms with van der Waals surface area (Å²) in [6, 6.07) is 14.6. The zero-order chi connectivity index (χ0) is 18.5. The summed E-state index contributed by atoms with van der Waals surface area (Å²) in [5, 5.41) is 7.67. The number of nitrogens with one attached hydrogen (secondary N) is 1. The van der Waals surface area contributed by atoms with Crippen molar-refractivity contribution in [2.24, 2.45) is 0 Å². The molecule has 3 heterocycles. The van der Waals surface area contributed by atoms with E-state index in [1.807, 2.05) is 18.3 Å². The molecule has 0 radical (unpaired) electrons. The van der Waals surface area contributed by atoms with E-state index in [0.717, 1.165) is 43.0 Å². The number of benzene rings is 1. The van der Waals surface area contributed by atoms with E-state index in [1.54, 1.807) is 12.1 Å². The van der Waals surface area contributed by atoms with Crippen molar-refractivity contribution in [3.8, 4) is 5.75 Å². The summed E-state index contributed by atoms with van der Waals surface area (Å²) >= 11 is 0. The normalized spacial score (nSPS) is 17.3. The van der Waals surface area contributed by atoms with Crippen LogP contribution in [0.5, 0.6) is 5.75 Å². The molecule has 1 fully saturated rings. The van der Waals surface area contributed by atoms with Crippen LogP contribution in [0.1, 0.15) is 36.0 Å². The Morgan fingerprint density at radius 1 is 1.19 bits per heavy atom. The quantitative estimate of drug-likeness (QED) is 0.689. The predicted octanol–water partition coefficient (Wildman–Crippen LogP) is 3.90. The lowest BCUT2D eigenvalue weighted by atomic mass is 10.1. The lowest BCUT2D eigenvalue weighted by Gasteiger charge is -2.22. The van der Waals surface area contributed by atoms with E-state index < -0.39 is 0 Å². The zero-order valence-corrected chi connectivity index (χ0v) is 15.1. The van der Waals surface area contributed by atoms with Crippen LogP contribution in [0.4, 0.5) is 4.39 Å². The first kappa shape index (κ1) is 17.7. The molecule has 1 aliphatic rings. The summed E-state index contributed by atoms with van der Waals surface area (Å²) in [7, 11) is 0. The summed E-state index contributed by atoms with van der Waals surface area (Å²) in [5.41, 5.74) is 3.23. The van der Waals surface area contributed by atoms with Gasteiger partial charge >= 0.3 is 0 Å². The molecule has 0 unspecified atom stereocenters. The Labute approximate surface area is 158 Å². The maximum absolute atomic E-state index is 12.9. The highest BCUT2D eigenvalue weighted by Crippen LogP contribution is 2.32. The lowest BCUT2D eigenvalue weighted by molar-refractivity contribution is 0.241. The number of halogens is 1. The van der Waals surface area contributed by atoms with Gasteiger partial charge in [-0.25, -0.2) is 4.39 Å². The molecule has 1 aromatic carbocycles. The minimum absolute atomic E-state index is 0.257. The predicted molar refractivity (Wildman–Crippen MR) is 101 cm³/mol. The summed E-state index contributed by atoms with van der Waals surface area (Å²) < 4.78 is 18.6. The molecule has 0 bridgehead atoms. The van der Waals surface area contributed by atoms with Crippen LogP contribution in [-0.2, 0) is 13.0 Å². The van der Waals surface area contributed by atoms with Crippen LogP contribution in [0.25, 0.3) is 0 Å². The van der Waals surface area contributed by atoms with Crippen LogP contribution in [0.3, 0.4) is 0 Å². The van der Waals surface area contributed by atoms with Crippen LogP contribution in [0.15, 0.2) is 54.7 Å². The Morgan fingerprint density at radius 3 is 2.89 bits per heavy atom. The van der Waals surface area contributed by atoms with E-state index >= 15 is 0 Å². The minimum atomic E-state index is -0.257. The third kappa shape index (κ3) is 4.52. The second-order valence-electron chi connectivity index (χ2n) is 6.82. The summed E-state index contributed by atoms with van der Waals surface area (Å²) in [4.78, 5) is 6.88. The number of rotatable bonds is 7. The molecule has 1 N–H and O–H groups in total. The van der Waals surface area contributed by atoms with E-state index in [0.29, 0.717) is 18.4 Å². The first-order valence-electron chi connectivity index (χ1n) is 9.34. The van der Waals surface area contributed by atoms with E-state index in [9.17, 15) is 4.39 Å². The van der Waals surface area contributed by atoms with Gasteiger partial charge in [-0.3, -0.25) is 15.0 Å². The molecule has 0 spiro atoms. The zero-order valence-electron chi connectivity index (χ0n) is 15.1. The molecule has 1 aliphatic heterocycles. The fourth-order valence-corrected chi connectivity index (χ4v) is 3.54. The van der Waals surface area contributed by atoms with Crippen molar-refractivity contribution < 1.29 is 9.13 Å². The Morgan fingerprint density at radius 2 is 2.07 bits per heavy atom. The molecule has 140 valence electrons. The number of likely N-dealkylation sites (tertiary alicyclic amines) is 1. The van der Waals surface area contributed by atoms with Gasteiger partial charge in [0, 0.05) is 24.9 Å². The van der Waals surface area contributed by atoms with Gasteiger partial charge in [-0.1, -0.05) is 6.07 Å². The van der Waals surface area contributed by atoms with Crippen LogP contribution in [0, 0.1) is 5.82 Å². The van der Waals surface area contributed by atoms with Crippen LogP contribution in [-0.4, -0.2) is 33.2 Å². The molecule has 4 rings (SSSR count). The van der Waals surface area contributed by atoms with Gasteiger partial charge in [-0.2, -0.15) is 5.10 Å². The molecule has 1 atom stereocenters. The topological polar surface area (TPSA) is 54.0 Å². The first-order valence-corrected chi connectivity index (χ1v) is 9.34. The Balaban J connectivity index is 1.33. The van der Waals surface area contributed by atoms with Crippen LogP contribution in [0.2, 0.25) is 0 Å². The molecule has 0 saturated carbocycles. The van der Waals surface area contributed by atoms with Crippen molar-refractivity contribution in [3.05, 3.63) is 77.6 Å². The number of H-pyrrole nitrogens is 1. The smallest absolute Gasteiger partial charge is 0.123 e. The number of pyridine rings is 1. The van der Waals surface area contributed by atoms with Gasteiger partial charge in [0.15, 0.2) is 0 Å². The Hall–Kier alpha value is -2.73. The summed E-state index contributed by atoms with van der Waals surface area (Å²) in [5.74, 6) is 0.417. The monoisotopic (exact) mass is 366 g/mol. The van der Waals surface area contributed by atoms with Gasteiger partial charge in [0.1, 0.15) is 11.6 Å². The molecule has 6 heteroatoms. The average Bonchev–Trinajstić information content (AvgIpc) is 3.33. The lowest BCUT2D eigenvalue weighted by Crippen LogP contribution is -2.23. The van der Waals surface area contributed by atoms with Gasteiger partial charge in [-0.05, 0) is 61.9 Å². The summed E-state index contributed by atoms with van der Waals surface area (Å²) in [6.45, 7) is 2.44. The Kier molecular flexibility index (Phi) is 5.44. The fourth-order valence-electron chi connectivity index (χ4n) is 3.54. The van der Waals surface area contributed by atoms with Crippen LogP contribution >= 0.6 is 0 Å². The standard InChI is InChI=1S/C21H23FN4O/c22-16-6-8-19(9-7-16)27-13-10-17-14-20(25-24-17)21-5-3-12-26(21)15-18-4-1-2-11-23-18/h1-2,4,6-9,11,14,21H,3,5,10,12-13,15H2,(H,24,25)/t21-/m1/s1. The first-order chi connectivity index (χ1) is 13.3. The number of aromatic amines is 1. The molecule has 27 heavy (non-hydrogen) atoms. The number of hydrogen-bond donors (Lipinski definition) is 1. The number of nitrogens with zero attached hydrogens (tertiary/aromatic N) is 3. The second kappa shape index (κ2) is 8.31. The maximum Gasteiger partial charge on any atom is 0.123 e. The molecule has 1 saturated heterocycles. The average molecular weight is 366 g/mol. The largest absolute Gasteiger partial charge is 0.493 e. The van der Waals surface area contributed by atoms with Gasteiger partial charge in [0.2, 0.25) is 0 Å². The van der Waals surface area contributed by atoms with Gasteiger partial charge in [-0.15, -0.1) is 0 Å². The van der Waals surface area contributed by atoms with E-state index in [2.05, 4.69) is 32.2 Å². The van der Waals surface area contributed by atoms with E-state index in [-0.39, 0.29) is 5.82 Å². The highest BCUT2D eigenvalue weighted by atomic mass is 19.1. The summed E-state index contributed by atoms with van der Waals surface area (Å²) in [6.07, 6.45) is 4.86. The molecule has 5 nitrogen and oxygen atoms in total. The third-order valence-electron chi connectivity index (χ3n) is 4.90. The van der Waals surface area contributed by atoms with Crippen molar-refractivity contribution >= 4 is 0 Å². The molecule has 3 aromatic rings. The minimum Gasteiger partial charge on any atom is -0.493 e. The maximum atomic E-state index is 12.9. The van der Waals surface area contributed by atoms with Crippen LogP contribution < -0.4 is 4.74 Å². The molecular weight excluding hydrogens is 343 g/mol. The van der Waals surface area contributed by atoms with Crippen molar-refractivity contribution in [2.75, 3.05) is 13.2 Å². The second-order valence-corrected chi connectivity index (χ2v) is 6.82. The highest BCUT2D eigenvalue weighted by Gasteiger charge is 2.28. The SMILES string of the molecule is Fc1ccc(OCCc2cc([C@H]3CCCN3Cc3ccccn3)n[nH]2)cc1. The number of ether oxygens (including phenoxy) is 1. The third-order valence-corrected chi connectivity index (χ3v) is 4.90. The molecular formula is C21H23FN4O. The van der Waals surface area contributed by atoms with E-state index in [1.165, 1.54) is 18.6 Å². The number of hydrogen-bond acceptors (Lipinski definition) is 4. The number of aromatic nitrogens is 3.